The molecule has 0 aromatic heterocycles. The molecule has 0 saturated heterocycles. The number of nitrogens with zero attached hydrogens (tertiary/aromatic N) is 2. The summed E-state index contributed by atoms with van der Waals surface area (Å²) in [7, 11) is 3.73. The van der Waals surface area contributed by atoms with Gasteiger partial charge in [0.15, 0.2) is 0 Å². The molecule has 6 heteroatoms. The van der Waals surface area contributed by atoms with Gasteiger partial charge in [0.2, 0.25) is 11.8 Å². The van der Waals surface area contributed by atoms with Crippen molar-refractivity contribution in [2.24, 2.45) is 0 Å². The maximum atomic E-state index is 12.8. The van der Waals surface area contributed by atoms with Crippen LogP contribution in [-0.2, 0) is 9.59 Å². The molecule has 0 unspecified atom stereocenters. The first kappa shape index (κ1) is 20.8. The van der Waals surface area contributed by atoms with Gasteiger partial charge in [0, 0.05) is 18.0 Å². The van der Waals surface area contributed by atoms with E-state index in [4.69, 9.17) is 0 Å². The summed E-state index contributed by atoms with van der Waals surface area (Å²) in [6, 6.07) is 7.77. The van der Waals surface area contributed by atoms with Crippen LogP contribution in [0.3, 0.4) is 0 Å². The van der Waals surface area contributed by atoms with Crippen molar-refractivity contribution in [1.82, 2.24) is 9.80 Å². The maximum absolute atomic E-state index is 12.8. The molecule has 0 heterocycles. The van der Waals surface area contributed by atoms with Crippen LogP contribution >= 0.6 is 11.8 Å². The second kappa shape index (κ2) is 9.97. The summed E-state index contributed by atoms with van der Waals surface area (Å²) in [6.45, 7) is 2.07. The zero-order chi connectivity index (χ0) is 19.1. The van der Waals surface area contributed by atoms with E-state index in [1.54, 1.807) is 11.8 Å². The summed E-state index contributed by atoms with van der Waals surface area (Å²) in [5.41, 5.74) is 0.816. The number of carbonyl (C=O) groups is 2. The van der Waals surface area contributed by atoms with Gasteiger partial charge in [-0.25, -0.2) is 0 Å². The highest BCUT2D eigenvalue weighted by Gasteiger charge is 2.28. The van der Waals surface area contributed by atoms with Crippen LogP contribution in [0.4, 0.5) is 5.69 Å². The predicted molar refractivity (Wildman–Crippen MR) is 109 cm³/mol. The normalized spacial score (nSPS) is 16.3. The largest absolute Gasteiger partial charge is 0.341 e. The Kier molecular flexibility index (Phi) is 7.97. The first-order valence-electron chi connectivity index (χ1n) is 9.33. The van der Waals surface area contributed by atoms with Gasteiger partial charge in [0.05, 0.1) is 18.3 Å². The molecule has 1 saturated carbocycles. The van der Waals surface area contributed by atoms with Crippen LogP contribution in [0.15, 0.2) is 29.2 Å². The highest BCUT2D eigenvalue weighted by Crippen LogP contribution is 2.25. The number of likely N-dealkylation sites (N-methyl/N-ethyl adjacent to an activating group) is 2. The molecule has 0 bridgehead atoms. The van der Waals surface area contributed by atoms with Crippen LogP contribution in [0, 0.1) is 0 Å². The molecular weight excluding hydrogens is 346 g/mol. The lowest BCUT2D eigenvalue weighted by Crippen LogP contribution is -2.49. The van der Waals surface area contributed by atoms with Crippen molar-refractivity contribution in [1.29, 1.82) is 0 Å². The SMILES string of the molecule is CSc1ccccc1NC(=O)CN(C)[C@@H](C)C(=O)N(C)C1CCCCC1. The Labute approximate surface area is 161 Å². The van der Waals surface area contributed by atoms with Crippen molar-refractivity contribution >= 4 is 29.3 Å². The minimum atomic E-state index is -0.316. The van der Waals surface area contributed by atoms with Crippen molar-refractivity contribution < 1.29 is 9.59 Å². The smallest absolute Gasteiger partial charge is 0.239 e. The van der Waals surface area contributed by atoms with E-state index in [9.17, 15) is 9.59 Å². The van der Waals surface area contributed by atoms with Crippen LogP contribution < -0.4 is 5.32 Å². The van der Waals surface area contributed by atoms with Gasteiger partial charge in [0.1, 0.15) is 0 Å². The van der Waals surface area contributed by atoms with Gasteiger partial charge in [-0.1, -0.05) is 31.4 Å². The summed E-state index contributed by atoms with van der Waals surface area (Å²) in [4.78, 5) is 29.9. The third kappa shape index (κ3) is 5.48. The zero-order valence-electron chi connectivity index (χ0n) is 16.3. The molecule has 1 fully saturated rings. The fourth-order valence-corrected chi connectivity index (χ4v) is 3.99. The van der Waals surface area contributed by atoms with Gasteiger partial charge >= 0.3 is 0 Å². The van der Waals surface area contributed by atoms with E-state index < -0.39 is 0 Å². The lowest BCUT2D eigenvalue weighted by Gasteiger charge is -2.35. The molecule has 0 radical (unpaired) electrons. The molecule has 1 N–H and O–H groups in total. The van der Waals surface area contributed by atoms with Crippen molar-refractivity contribution in [3.63, 3.8) is 0 Å². The number of nitrogens with one attached hydrogen (secondary N) is 1. The molecule has 1 atom stereocenters. The Bertz CT molecular complexity index is 617. The fourth-order valence-electron chi connectivity index (χ4n) is 3.43. The zero-order valence-corrected chi connectivity index (χ0v) is 17.1. The van der Waals surface area contributed by atoms with Crippen LogP contribution in [-0.4, -0.2) is 60.6 Å². The number of rotatable bonds is 7. The Balaban J connectivity index is 1.89. The summed E-state index contributed by atoms with van der Waals surface area (Å²) in [5.74, 6) is -0.00863. The van der Waals surface area contributed by atoms with Crippen molar-refractivity contribution in [2.75, 3.05) is 32.2 Å². The second-order valence-electron chi connectivity index (χ2n) is 7.08. The number of thioether (sulfide) groups is 1. The number of anilines is 1. The Morgan fingerprint density at radius 3 is 2.50 bits per heavy atom. The molecule has 5 nitrogen and oxygen atoms in total. The highest BCUT2D eigenvalue weighted by atomic mass is 32.2. The predicted octanol–water partition coefficient (Wildman–Crippen LogP) is 3.46. The van der Waals surface area contributed by atoms with Crippen LogP contribution in [0.5, 0.6) is 0 Å². The average Bonchev–Trinajstić information content (AvgIpc) is 2.67. The lowest BCUT2D eigenvalue weighted by molar-refractivity contribution is -0.137. The third-order valence-corrected chi connectivity index (χ3v) is 6.06. The molecule has 26 heavy (non-hydrogen) atoms. The van der Waals surface area contributed by atoms with E-state index in [1.165, 1.54) is 19.3 Å². The first-order valence-corrected chi connectivity index (χ1v) is 10.6. The van der Waals surface area contributed by atoms with Gasteiger partial charge in [-0.05, 0) is 45.2 Å². The average molecular weight is 378 g/mol. The number of carbonyl (C=O) groups excluding carboxylic acids is 2. The molecule has 1 aliphatic rings. The van der Waals surface area contributed by atoms with Gasteiger partial charge in [-0.15, -0.1) is 11.8 Å². The van der Waals surface area contributed by atoms with Crippen LogP contribution in [0.25, 0.3) is 0 Å². The van der Waals surface area contributed by atoms with Crippen molar-refractivity contribution in [2.45, 2.75) is 56.0 Å². The van der Waals surface area contributed by atoms with Crippen LogP contribution in [0.1, 0.15) is 39.0 Å². The molecule has 1 aliphatic carbocycles. The lowest BCUT2D eigenvalue weighted by atomic mass is 9.94. The summed E-state index contributed by atoms with van der Waals surface area (Å²) in [6.07, 6.45) is 7.83. The summed E-state index contributed by atoms with van der Waals surface area (Å²) >= 11 is 1.60. The second-order valence-corrected chi connectivity index (χ2v) is 7.93. The van der Waals surface area contributed by atoms with Crippen molar-refractivity contribution in [3.8, 4) is 0 Å². The fraction of sp³-hybridized carbons (Fsp3) is 0.600. The molecule has 0 spiro atoms. The number of benzene rings is 1. The van der Waals surface area contributed by atoms with Gasteiger partial charge in [-0.2, -0.15) is 0 Å². The Morgan fingerprint density at radius 1 is 1.19 bits per heavy atom. The van der Waals surface area contributed by atoms with Crippen molar-refractivity contribution in [3.05, 3.63) is 24.3 Å². The van der Waals surface area contributed by atoms with Gasteiger partial charge < -0.3 is 10.2 Å². The monoisotopic (exact) mass is 377 g/mol. The number of hydrogen-bond acceptors (Lipinski definition) is 4. The van der Waals surface area contributed by atoms with E-state index in [2.05, 4.69) is 5.32 Å². The van der Waals surface area contributed by atoms with E-state index in [0.29, 0.717) is 6.04 Å². The molecule has 2 rings (SSSR count). The van der Waals surface area contributed by atoms with E-state index in [-0.39, 0.29) is 24.4 Å². The minimum absolute atomic E-state index is 0.0942. The number of hydrogen-bond donors (Lipinski definition) is 1. The highest BCUT2D eigenvalue weighted by molar-refractivity contribution is 7.98. The molecule has 1 aromatic carbocycles. The summed E-state index contributed by atoms with van der Waals surface area (Å²) < 4.78 is 0. The van der Waals surface area contributed by atoms with Crippen LogP contribution in [0.2, 0.25) is 0 Å². The first-order chi connectivity index (χ1) is 12.4. The third-order valence-electron chi connectivity index (χ3n) is 5.26. The van der Waals surface area contributed by atoms with Gasteiger partial charge in [-0.3, -0.25) is 14.5 Å². The van der Waals surface area contributed by atoms with E-state index in [1.807, 2.05) is 61.3 Å². The van der Waals surface area contributed by atoms with E-state index >= 15 is 0 Å². The maximum Gasteiger partial charge on any atom is 0.239 e. The molecule has 1 aromatic rings. The minimum Gasteiger partial charge on any atom is -0.341 e. The summed E-state index contributed by atoms with van der Waals surface area (Å²) in [5, 5.41) is 2.95. The molecular formula is C20H31N3O2S. The molecule has 2 amide bonds. The quantitative estimate of drug-likeness (QED) is 0.740. The standard InChI is InChI=1S/C20H31N3O2S/c1-15(20(25)23(3)16-10-6-5-7-11-16)22(2)14-19(24)21-17-12-8-9-13-18(17)26-4/h8-9,12-13,15-16H,5-7,10-11,14H2,1-4H3,(H,21,24)/t15-/m0/s1. The van der Waals surface area contributed by atoms with Gasteiger partial charge in [0.25, 0.3) is 0 Å². The molecule has 144 valence electrons. The Hall–Kier alpha value is -1.53. The van der Waals surface area contributed by atoms with E-state index in [0.717, 1.165) is 23.4 Å². The Morgan fingerprint density at radius 2 is 1.85 bits per heavy atom. The number of para-hydroxylation sites is 1. The number of amides is 2. The molecule has 0 aliphatic heterocycles. The topological polar surface area (TPSA) is 52.7 Å².